The van der Waals surface area contributed by atoms with Crippen LogP contribution >= 0.6 is 24.8 Å². The number of carbonyl (C=O) groups is 2. The fraction of sp³-hybridized carbons (Fsp3) is 0.611. The fourth-order valence-electron chi connectivity index (χ4n) is 3.05. The lowest BCUT2D eigenvalue weighted by molar-refractivity contribution is -0.123. The molecule has 1 aromatic rings. The summed E-state index contributed by atoms with van der Waals surface area (Å²) in [6, 6.07) is 3.75. The van der Waals surface area contributed by atoms with Gasteiger partial charge in [0.1, 0.15) is 0 Å². The second-order valence-electron chi connectivity index (χ2n) is 6.51. The predicted molar refractivity (Wildman–Crippen MR) is 108 cm³/mol. The molecule has 0 spiro atoms. The Labute approximate surface area is 168 Å². The van der Waals surface area contributed by atoms with E-state index in [2.05, 4.69) is 27.9 Å². The standard InChI is InChI=1S/C18H28N4O2.2ClH/c1-14(16-4-8-19-9-5-16)11-18(24)21-10-6-17(23)22-13-15-3-2-7-20-12-15;;/h2-3,7,12,14,16,19H,4-6,8-11,13H2,1H3,(H,21,24)(H,22,23);2*1H. The number of pyridine rings is 1. The molecule has 8 heteroatoms. The van der Waals surface area contributed by atoms with Crippen LogP contribution in [0, 0.1) is 11.8 Å². The predicted octanol–water partition coefficient (Wildman–Crippen LogP) is 2.07. The second kappa shape index (κ2) is 13.8. The van der Waals surface area contributed by atoms with Gasteiger partial charge in [-0.2, -0.15) is 0 Å². The summed E-state index contributed by atoms with van der Waals surface area (Å²) in [6.07, 6.45) is 6.56. The van der Waals surface area contributed by atoms with Gasteiger partial charge in [0.2, 0.25) is 11.8 Å². The maximum Gasteiger partial charge on any atom is 0.222 e. The Morgan fingerprint density at radius 1 is 1.23 bits per heavy atom. The van der Waals surface area contributed by atoms with Gasteiger partial charge in [-0.3, -0.25) is 14.6 Å². The van der Waals surface area contributed by atoms with Crippen molar-refractivity contribution in [1.82, 2.24) is 20.9 Å². The second-order valence-corrected chi connectivity index (χ2v) is 6.51. The summed E-state index contributed by atoms with van der Waals surface area (Å²) in [4.78, 5) is 27.8. The van der Waals surface area contributed by atoms with Crippen LogP contribution in [0.25, 0.3) is 0 Å². The van der Waals surface area contributed by atoms with Crippen LogP contribution in [0.5, 0.6) is 0 Å². The van der Waals surface area contributed by atoms with Gasteiger partial charge >= 0.3 is 0 Å². The third kappa shape index (κ3) is 9.36. The summed E-state index contributed by atoms with van der Waals surface area (Å²) in [5.74, 6) is 0.998. The molecule has 0 aliphatic carbocycles. The number of rotatable bonds is 8. The van der Waals surface area contributed by atoms with Crippen molar-refractivity contribution < 1.29 is 9.59 Å². The van der Waals surface area contributed by atoms with E-state index in [1.807, 2.05) is 12.1 Å². The summed E-state index contributed by atoms with van der Waals surface area (Å²) >= 11 is 0. The molecule has 2 heterocycles. The Balaban J connectivity index is 0.00000312. The number of hydrogen-bond donors (Lipinski definition) is 3. The van der Waals surface area contributed by atoms with Crippen molar-refractivity contribution in [1.29, 1.82) is 0 Å². The van der Waals surface area contributed by atoms with Gasteiger partial charge in [0.05, 0.1) is 0 Å². The SMILES string of the molecule is CC(CC(=O)NCCC(=O)NCc1cccnc1)C1CCNCC1.Cl.Cl. The van der Waals surface area contributed by atoms with E-state index in [-0.39, 0.29) is 36.6 Å². The maximum atomic E-state index is 12.0. The van der Waals surface area contributed by atoms with Crippen molar-refractivity contribution in [3.8, 4) is 0 Å². The zero-order valence-corrected chi connectivity index (χ0v) is 16.8. The third-order valence-electron chi connectivity index (χ3n) is 4.58. The zero-order chi connectivity index (χ0) is 17.2. The molecular weight excluding hydrogens is 375 g/mol. The molecule has 1 unspecified atom stereocenters. The van der Waals surface area contributed by atoms with Crippen molar-refractivity contribution in [2.75, 3.05) is 19.6 Å². The van der Waals surface area contributed by atoms with Crippen molar-refractivity contribution >= 4 is 36.6 Å². The number of amides is 2. The first kappa shape index (κ1) is 24.6. The molecule has 1 atom stereocenters. The minimum absolute atomic E-state index is 0. The molecule has 1 fully saturated rings. The molecule has 3 N–H and O–H groups in total. The number of nitrogens with one attached hydrogen (secondary N) is 3. The van der Waals surface area contributed by atoms with E-state index in [4.69, 9.17) is 0 Å². The summed E-state index contributed by atoms with van der Waals surface area (Å²) < 4.78 is 0. The third-order valence-corrected chi connectivity index (χ3v) is 4.58. The van der Waals surface area contributed by atoms with Gasteiger partial charge in [-0.15, -0.1) is 24.8 Å². The molecule has 1 saturated heterocycles. The first-order chi connectivity index (χ1) is 11.6. The molecule has 0 bridgehead atoms. The highest BCUT2D eigenvalue weighted by atomic mass is 35.5. The first-order valence-corrected chi connectivity index (χ1v) is 8.78. The topological polar surface area (TPSA) is 83.1 Å². The lowest BCUT2D eigenvalue weighted by Gasteiger charge is -2.27. The summed E-state index contributed by atoms with van der Waals surface area (Å²) in [5, 5.41) is 9.03. The van der Waals surface area contributed by atoms with Gasteiger partial charge in [0, 0.05) is 38.3 Å². The smallest absolute Gasteiger partial charge is 0.222 e. The zero-order valence-electron chi connectivity index (χ0n) is 15.2. The molecule has 0 aromatic carbocycles. The monoisotopic (exact) mass is 404 g/mol. The van der Waals surface area contributed by atoms with Crippen LogP contribution in [-0.4, -0.2) is 36.4 Å². The lowest BCUT2D eigenvalue weighted by atomic mass is 9.84. The van der Waals surface area contributed by atoms with Crippen molar-refractivity contribution in [2.24, 2.45) is 11.8 Å². The number of hydrogen-bond acceptors (Lipinski definition) is 4. The Morgan fingerprint density at radius 3 is 2.62 bits per heavy atom. The van der Waals surface area contributed by atoms with E-state index in [1.165, 1.54) is 0 Å². The molecule has 148 valence electrons. The first-order valence-electron chi connectivity index (χ1n) is 8.78. The Kier molecular flexibility index (Phi) is 13.1. The molecule has 1 aromatic heterocycles. The number of nitrogens with zero attached hydrogens (tertiary/aromatic N) is 1. The molecule has 6 nitrogen and oxygen atoms in total. The lowest BCUT2D eigenvalue weighted by Crippen LogP contribution is -2.34. The van der Waals surface area contributed by atoms with Gasteiger partial charge in [-0.1, -0.05) is 13.0 Å². The number of carbonyl (C=O) groups excluding carboxylic acids is 2. The molecule has 2 rings (SSSR count). The summed E-state index contributed by atoms with van der Waals surface area (Å²) in [6.45, 7) is 5.10. The number of halogens is 2. The van der Waals surface area contributed by atoms with Gasteiger partial charge in [0.25, 0.3) is 0 Å². The molecule has 1 aliphatic rings. The quantitative estimate of drug-likeness (QED) is 0.619. The minimum Gasteiger partial charge on any atom is -0.356 e. The van der Waals surface area contributed by atoms with Crippen molar-refractivity contribution in [3.63, 3.8) is 0 Å². The van der Waals surface area contributed by atoms with E-state index in [1.54, 1.807) is 12.4 Å². The van der Waals surface area contributed by atoms with Gasteiger partial charge in [-0.05, 0) is 49.4 Å². The Bertz CT molecular complexity index is 525. The van der Waals surface area contributed by atoms with E-state index in [0.29, 0.717) is 37.8 Å². The highest BCUT2D eigenvalue weighted by Crippen LogP contribution is 2.23. The largest absolute Gasteiger partial charge is 0.356 e. The fourth-order valence-corrected chi connectivity index (χ4v) is 3.05. The maximum absolute atomic E-state index is 12.0. The van der Waals surface area contributed by atoms with Crippen LogP contribution in [-0.2, 0) is 16.1 Å². The molecule has 0 radical (unpaired) electrons. The molecular formula is C18H30Cl2N4O2. The molecule has 0 saturated carbocycles. The van der Waals surface area contributed by atoms with Gasteiger partial charge < -0.3 is 16.0 Å². The normalized spacial score (nSPS) is 15.1. The molecule has 1 aliphatic heterocycles. The highest BCUT2D eigenvalue weighted by molar-refractivity contribution is 5.85. The minimum atomic E-state index is -0.0643. The van der Waals surface area contributed by atoms with Crippen LogP contribution in [0.15, 0.2) is 24.5 Å². The van der Waals surface area contributed by atoms with Crippen LogP contribution in [0.3, 0.4) is 0 Å². The number of aromatic nitrogens is 1. The van der Waals surface area contributed by atoms with E-state index in [0.717, 1.165) is 31.5 Å². The average Bonchev–Trinajstić information content (AvgIpc) is 2.61. The Hall–Kier alpha value is -1.37. The molecule has 26 heavy (non-hydrogen) atoms. The van der Waals surface area contributed by atoms with Crippen LogP contribution in [0.1, 0.15) is 38.2 Å². The van der Waals surface area contributed by atoms with Gasteiger partial charge in [0.15, 0.2) is 0 Å². The summed E-state index contributed by atoms with van der Waals surface area (Å²) in [5.41, 5.74) is 0.964. The highest BCUT2D eigenvalue weighted by Gasteiger charge is 2.21. The Morgan fingerprint density at radius 2 is 1.96 bits per heavy atom. The van der Waals surface area contributed by atoms with E-state index in [9.17, 15) is 9.59 Å². The van der Waals surface area contributed by atoms with Crippen LogP contribution < -0.4 is 16.0 Å². The number of piperidine rings is 1. The van der Waals surface area contributed by atoms with E-state index >= 15 is 0 Å². The molecule has 2 amide bonds. The van der Waals surface area contributed by atoms with Gasteiger partial charge in [-0.25, -0.2) is 0 Å². The average molecular weight is 405 g/mol. The van der Waals surface area contributed by atoms with Crippen molar-refractivity contribution in [3.05, 3.63) is 30.1 Å². The van der Waals surface area contributed by atoms with Crippen molar-refractivity contribution in [2.45, 2.75) is 39.2 Å². The summed E-state index contributed by atoms with van der Waals surface area (Å²) in [7, 11) is 0. The van der Waals surface area contributed by atoms with E-state index < -0.39 is 0 Å². The van der Waals surface area contributed by atoms with Crippen LogP contribution in [0.4, 0.5) is 0 Å². The van der Waals surface area contributed by atoms with Crippen LogP contribution in [0.2, 0.25) is 0 Å².